The monoisotopic (exact) mass is 421 g/mol. The molecule has 0 unspecified atom stereocenters. The van der Waals surface area contributed by atoms with Gasteiger partial charge in [0.25, 0.3) is 5.91 Å². The van der Waals surface area contributed by atoms with Crippen molar-refractivity contribution in [2.24, 2.45) is 0 Å². The van der Waals surface area contributed by atoms with Crippen LogP contribution in [0, 0.1) is 0 Å². The van der Waals surface area contributed by atoms with E-state index < -0.39 is 0 Å². The number of rotatable bonds is 13. The Hall–Kier alpha value is -1.37. The summed E-state index contributed by atoms with van der Waals surface area (Å²) < 4.78 is 6.01. The SMILES string of the molecule is CCCCCCCCCCN1C(=O)/C(=C/c2ccc(OCCO)cc2)SC1=S. The quantitative estimate of drug-likeness (QED) is 0.262. The fraction of sp³-hybridized carbons (Fsp3) is 0.545. The molecular formula is C22H31NO3S2. The molecule has 1 saturated heterocycles. The van der Waals surface area contributed by atoms with Crippen molar-refractivity contribution in [3.05, 3.63) is 34.7 Å². The molecule has 1 fully saturated rings. The first-order chi connectivity index (χ1) is 13.7. The van der Waals surface area contributed by atoms with E-state index >= 15 is 0 Å². The van der Waals surface area contributed by atoms with Crippen LogP contribution in [0.5, 0.6) is 5.75 Å². The molecule has 0 saturated carbocycles. The number of aliphatic hydroxyl groups is 1. The van der Waals surface area contributed by atoms with Crippen molar-refractivity contribution in [3.63, 3.8) is 0 Å². The maximum Gasteiger partial charge on any atom is 0.266 e. The Kier molecular flexibility index (Phi) is 10.6. The highest BCUT2D eigenvalue weighted by Crippen LogP contribution is 2.33. The highest BCUT2D eigenvalue weighted by atomic mass is 32.2. The minimum absolute atomic E-state index is 0.0108. The number of thiocarbonyl (C=S) groups is 1. The average Bonchev–Trinajstić information content (AvgIpc) is 2.96. The lowest BCUT2D eigenvalue weighted by Crippen LogP contribution is -2.29. The zero-order valence-electron chi connectivity index (χ0n) is 16.7. The highest BCUT2D eigenvalue weighted by molar-refractivity contribution is 8.26. The third-order valence-electron chi connectivity index (χ3n) is 4.65. The molecule has 154 valence electrons. The summed E-state index contributed by atoms with van der Waals surface area (Å²) in [5.74, 6) is 0.715. The standard InChI is InChI=1S/C22H31NO3S2/c1-2-3-4-5-6-7-8-9-14-23-21(25)20(28-22(23)27)17-18-10-12-19(13-11-18)26-16-15-24/h10-13,17,24H,2-9,14-16H2,1H3/b20-17-. The van der Waals surface area contributed by atoms with Crippen LogP contribution in [-0.4, -0.2) is 40.0 Å². The summed E-state index contributed by atoms with van der Waals surface area (Å²) in [5.41, 5.74) is 0.934. The first-order valence-electron chi connectivity index (χ1n) is 10.2. The van der Waals surface area contributed by atoms with Crippen molar-refractivity contribution in [1.29, 1.82) is 0 Å². The van der Waals surface area contributed by atoms with Crippen LogP contribution in [0.4, 0.5) is 0 Å². The predicted molar refractivity (Wildman–Crippen MR) is 122 cm³/mol. The van der Waals surface area contributed by atoms with Crippen LogP contribution in [0.15, 0.2) is 29.2 Å². The number of hydrogen-bond acceptors (Lipinski definition) is 5. The van der Waals surface area contributed by atoms with Gasteiger partial charge in [0.05, 0.1) is 11.5 Å². The number of ether oxygens (including phenoxy) is 1. The Balaban J connectivity index is 1.78. The molecule has 1 N–H and O–H groups in total. The molecule has 28 heavy (non-hydrogen) atoms. The van der Waals surface area contributed by atoms with Gasteiger partial charge in [0, 0.05) is 6.54 Å². The molecule has 4 nitrogen and oxygen atoms in total. The van der Waals surface area contributed by atoms with E-state index in [4.69, 9.17) is 22.1 Å². The summed E-state index contributed by atoms with van der Waals surface area (Å²) in [7, 11) is 0. The van der Waals surface area contributed by atoms with E-state index in [-0.39, 0.29) is 19.1 Å². The molecule has 0 aromatic heterocycles. The van der Waals surface area contributed by atoms with Crippen molar-refractivity contribution >= 4 is 40.3 Å². The Labute approximate surface area is 178 Å². The van der Waals surface area contributed by atoms with Gasteiger partial charge in [-0.2, -0.15) is 0 Å². The fourth-order valence-electron chi connectivity index (χ4n) is 3.07. The minimum atomic E-state index is -0.0108. The second-order valence-electron chi connectivity index (χ2n) is 6.95. The minimum Gasteiger partial charge on any atom is -0.491 e. The molecule has 2 rings (SSSR count). The van der Waals surface area contributed by atoms with Gasteiger partial charge in [-0.3, -0.25) is 9.69 Å². The number of benzene rings is 1. The molecule has 1 aliphatic rings. The summed E-state index contributed by atoms with van der Waals surface area (Å²) >= 11 is 6.79. The highest BCUT2D eigenvalue weighted by Gasteiger charge is 2.31. The number of hydrogen-bond donors (Lipinski definition) is 1. The molecule has 0 atom stereocenters. The van der Waals surface area contributed by atoms with E-state index in [0.717, 1.165) is 18.4 Å². The normalized spacial score (nSPS) is 15.6. The van der Waals surface area contributed by atoms with Crippen LogP contribution in [0.2, 0.25) is 0 Å². The zero-order valence-corrected chi connectivity index (χ0v) is 18.3. The van der Waals surface area contributed by atoms with Gasteiger partial charge in [-0.1, -0.05) is 88.0 Å². The van der Waals surface area contributed by atoms with Gasteiger partial charge < -0.3 is 9.84 Å². The van der Waals surface area contributed by atoms with E-state index in [1.165, 1.54) is 50.3 Å². The van der Waals surface area contributed by atoms with Gasteiger partial charge in [-0.15, -0.1) is 0 Å². The van der Waals surface area contributed by atoms with Crippen molar-refractivity contribution in [2.75, 3.05) is 19.8 Å². The molecule has 1 aliphatic heterocycles. The third kappa shape index (κ3) is 7.57. The van der Waals surface area contributed by atoms with Gasteiger partial charge in [-0.05, 0) is 30.2 Å². The summed E-state index contributed by atoms with van der Waals surface area (Å²) in [4.78, 5) is 15.1. The molecule has 1 aromatic rings. The average molecular weight is 422 g/mol. The second-order valence-corrected chi connectivity index (χ2v) is 8.63. The largest absolute Gasteiger partial charge is 0.491 e. The number of aliphatic hydroxyl groups excluding tert-OH is 1. The van der Waals surface area contributed by atoms with E-state index in [9.17, 15) is 4.79 Å². The Morgan fingerprint density at radius 1 is 1.07 bits per heavy atom. The first kappa shape index (κ1) is 22.9. The van der Waals surface area contributed by atoms with Crippen molar-refractivity contribution in [1.82, 2.24) is 4.90 Å². The molecule has 1 amide bonds. The molecule has 0 aliphatic carbocycles. The van der Waals surface area contributed by atoms with E-state index in [2.05, 4.69) is 6.92 Å². The Morgan fingerprint density at radius 2 is 1.71 bits per heavy atom. The second kappa shape index (κ2) is 13.0. The Bertz CT molecular complexity index is 658. The van der Waals surface area contributed by atoms with Crippen molar-refractivity contribution in [2.45, 2.75) is 58.3 Å². The molecule has 1 heterocycles. The maximum atomic E-state index is 12.7. The van der Waals surface area contributed by atoms with Crippen molar-refractivity contribution in [3.8, 4) is 5.75 Å². The van der Waals surface area contributed by atoms with Crippen LogP contribution in [0.25, 0.3) is 6.08 Å². The molecule has 0 spiro atoms. The molecule has 1 aromatic carbocycles. The number of carbonyl (C=O) groups excluding carboxylic acids is 1. The molecule has 0 radical (unpaired) electrons. The number of unbranched alkanes of at least 4 members (excludes halogenated alkanes) is 7. The van der Waals surface area contributed by atoms with E-state index in [1.54, 1.807) is 4.90 Å². The number of carbonyl (C=O) groups is 1. The smallest absolute Gasteiger partial charge is 0.266 e. The van der Waals surface area contributed by atoms with Gasteiger partial charge >= 0.3 is 0 Å². The van der Waals surface area contributed by atoms with Crippen molar-refractivity contribution < 1.29 is 14.6 Å². The van der Waals surface area contributed by atoms with Gasteiger partial charge in [-0.25, -0.2) is 0 Å². The lowest BCUT2D eigenvalue weighted by atomic mass is 10.1. The maximum absolute atomic E-state index is 12.7. The summed E-state index contributed by atoms with van der Waals surface area (Å²) in [6.07, 6.45) is 11.8. The van der Waals surface area contributed by atoms with Gasteiger partial charge in [0.1, 0.15) is 16.7 Å². The molecule has 6 heteroatoms. The summed E-state index contributed by atoms with van der Waals surface area (Å²) in [6.45, 7) is 3.21. The van der Waals surface area contributed by atoms with Crippen LogP contribution in [0.1, 0.15) is 63.9 Å². The van der Waals surface area contributed by atoms with Crippen LogP contribution in [-0.2, 0) is 4.79 Å². The summed E-state index contributed by atoms with van der Waals surface area (Å²) in [5, 5.41) is 8.79. The zero-order chi connectivity index (χ0) is 20.2. The van der Waals surface area contributed by atoms with Crippen LogP contribution >= 0.6 is 24.0 Å². The lowest BCUT2D eigenvalue weighted by Gasteiger charge is -2.14. The topological polar surface area (TPSA) is 49.8 Å². The molecular weight excluding hydrogens is 390 g/mol. The number of nitrogens with zero attached hydrogens (tertiary/aromatic N) is 1. The van der Waals surface area contributed by atoms with E-state index in [0.29, 0.717) is 21.5 Å². The predicted octanol–water partition coefficient (Wildman–Crippen LogP) is 5.40. The van der Waals surface area contributed by atoms with Gasteiger partial charge in [0.2, 0.25) is 0 Å². The van der Waals surface area contributed by atoms with Crippen LogP contribution < -0.4 is 4.74 Å². The van der Waals surface area contributed by atoms with Gasteiger partial charge in [0.15, 0.2) is 0 Å². The van der Waals surface area contributed by atoms with E-state index in [1.807, 2.05) is 30.3 Å². The summed E-state index contributed by atoms with van der Waals surface area (Å²) in [6, 6.07) is 7.47. The number of thioether (sulfide) groups is 1. The lowest BCUT2D eigenvalue weighted by molar-refractivity contribution is -0.122. The number of amides is 1. The van der Waals surface area contributed by atoms with Crippen LogP contribution in [0.3, 0.4) is 0 Å². The fourth-order valence-corrected chi connectivity index (χ4v) is 4.38. The Morgan fingerprint density at radius 3 is 2.36 bits per heavy atom. The first-order valence-corrected chi connectivity index (χ1v) is 11.5. The third-order valence-corrected chi connectivity index (χ3v) is 6.02. The molecule has 0 bridgehead atoms.